The number of hydrogen-bond acceptors (Lipinski definition) is 3. The van der Waals surface area contributed by atoms with Gasteiger partial charge in [-0.15, -0.1) is 0 Å². The van der Waals surface area contributed by atoms with Gasteiger partial charge in [0.15, 0.2) is 0 Å². The first-order chi connectivity index (χ1) is 7.08. The van der Waals surface area contributed by atoms with Crippen molar-refractivity contribution in [3.05, 3.63) is 28.9 Å². The van der Waals surface area contributed by atoms with Crippen LogP contribution in [-0.4, -0.2) is 19.3 Å². The predicted octanol–water partition coefficient (Wildman–Crippen LogP) is 1.21. The number of nitrogens with zero attached hydrogens (tertiary/aromatic N) is 4. The van der Waals surface area contributed by atoms with E-state index in [4.69, 9.17) is 17.3 Å². The average molecular weight is 226 g/mol. The van der Waals surface area contributed by atoms with E-state index in [2.05, 4.69) is 10.1 Å². The maximum atomic E-state index is 5.89. The smallest absolute Gasteiger partial charge is 0.145 e. The van der Waals surface area contributed by atoms with Crippen molar-refractivity contribution >= 4 is 17.4 Å². The van der Waals surface area contributed by atoms with Crippen LogP contribution < -0.4 is 5.73 Å². The lowest BCUT2D eigenvalue weighted by Crippen LogP contribution is -2.09. The molecule has 6 heteroatoms. The summed E-state index contributed by atoms with van der Waals surface area (Å²) in [5.74, 6) is 1.37. The van der Waals surface area contributed by atoms with Crippen LogP contribution in [0.3, 0.4) is 0 Å². The van der Waals surface area contributed by atoms with Crippen LogP contribution in [0.5, 0.6) is 0 Å². The fourth-order valence-electron chi connectivity index (χ4n) is 1.40. The largest absolute Gasteiger partial charge is 0.382 e. The number of rotatable bonds is 2. The molecule has 2 heterocycles. The molecule has 0 atom stereocenters. The van der Waals surface area contributed by atoms with Crippen molar-refractivity contribution in [1.82, 2.24) is 19.3 Å². The quantitative estimate of drug-likeness (QED) is 0.836. The molecule has 0 radical (unpaired) electrons. The van der Waals surface area contributed by atoms with E-state index >= 15 is 0 Å². The van der Waals surface area contributed by atoms with Gasteiger partial charge in [0.1, 0.15) is 16.8 Å². The van der Waals surface area contributed by atoms with Crippen molar-refractivity contribution in [1.29, 1.82) is 0 Å². The number of nitrogen functional groups attached to an aromatic ring is 1. The molecule has 0 bridgehead atoms. The lowest BCUT2D eigenvalue weighted by molar-refractivity contribution is 0.619. The summed E-state index contributed by atoms with van der Waals surface area (Å²) in [7, 11) is 1.87. The van der Waals surface area contributed by atoms with E-state index in [1.807, 2.05) is 24.6 Å². The van der Waals surface area contributed by atoms with Gasteiger partial charge in [0.25, 0.3) is 0 Å². The lowest BCUT2D eigenvalue weighted by atomic mass is 10.4. The standard InChI is InChI=1S/C9H12ClN5/c1-6-3-8(11)13-15(6)5-9-12-4-7(10)14(9)2/h3-4H,5H2,1-2H3,(H2,11,13). The molecule has 2 N–H and O–H groups in total. The first-order valence-electron chi connectivity index (χ1n) is 4.54. The molecule has 0 aliphatic rings. The van der Waals surface area contributed by atoms with E-state index in [0.717, 1.165) is 11.5 Å². The van der Waals surface area contributed by atoms with E-state index in [-0.39, 0.29) is 0 Å². The Balaban J connectivity index is 2.29. The van der Waals surface area contributed by atoms with Crippen LogP contribution in [0.15, 0.2) is 12.3 Å². The lowest BCUT2D eigenvalue weighted by Gasteiger charge is -2.04. The third-order valence-corrected chi connectivity index (χ3v) is 2.67. The maximum Gasteiger partial charge on any atom is 0.145 e. The monoisotopic (exact) mass is 225 g/mol. The van der Waals surface area contributed by atoms with Crippen molar-refractivity contribution < 1.29 is 0 Å². The second-order valence-corrected chi connectivity index (χ2v) is 3.81. The van der Waals surface area contributed by atoms with Crippen LogP contribution in [0, 0.1) is 6.92 Å². The normalized spacial score (nSPS) is 10.9. The molecule has 0 fully saturated rings. The van der Waals surface area contributed by atoms with Crippen LogP contribution >= 0.6 is 11.6 Å². The Bertz CT molecular complexity index is 485. The number of aryl methyl sites for hydroxylation is 1. The molecule has 0 aliphatic carbocycles. The van der Waals surface area contributed by atoms with Crippen molar-refractivity contribution in [3.8, 4) is 0 Å². The Kier molecular flexibility index (Phi) is 2.40. The van der Waals surface area contributed by atoms with Crippen LogP contribution in [0.25, 0.3) is 0 Å². The number of halogens is 1. The summed E-state index contributed by atoms with van der Waals surface area (Å²) >= 11 is 5.89. The van der Waals surface area contributed by atoms with Gasteiger partial charge >= 0.3 is 0 Å². The molecule has 80 valence electrons. The zero-order valence-corrected chi connectivity index (χ0v) is 9.36. The highest BCUT2D eigenvalue weighted by Crippen LogP contribution is 2.12. The van der Waals surface area contributed by atoms with E-state index in [1.165, 1.54) is 0 Å². The molecular formula is C9H12ClN5. The molecule has 0 unspecified atom stereocenters. The van der Waals surface area contributed by atoms with Gasteiger partial charge in [0.2, 0.25) is 0 Å². The molecule has 15 heavy (non-hydrogen) atoms. The minimum atomic E-state index is 0.521. The van der Waals surface area contributed by atoms with E-state index in [1.54, 1.807) is 10.9 Å². The fourth-order valence-corrected chi connectivity index (χ4v) is 1.55. The highest BCUT2D eigenvalue weighted by atomic mass is 35.5. The van der Waals surface area contributed by atoms with Crippen LogP contribution in [0.2, 0.25) is 5.15 Å². The first-order valence-corrected chi connectivity index (χ1v) is 4.91. The third kappa shape index (κ3) is 1.83. The molecular weight excluding hydrogens is 214 g/mol. The van der Waals surface area contributed by atoms with Crippen LogP contribution in [0.4, 0.5) is 5.82 Å². The highest BCUT2D eigenvalue weighted by molar-refractivity contribution is 6.29. The van der Waals surface area contributed by atoms with Gasteiger partial charge in [-0.1, -0.05) is 11.6 Å². The minimum Gasteiger partial charge on any atom is -0.382 e. The number of anilines is 1. The maximum absolute atomic E-state index is 5.89. The minimum absolute atomic E-state index is 0.521. The molecule has 0 aliphatic heterocycles. The predicted molar refractivity (Wildman–Crippen MR) is 58.7 cm³/mol. The van der Waals surface area contributed by atoms with Gasteiger partial charge in [0, 0.05) is 18.8 Å². The van der Waals surface area contributed by atoms with E-state index < -0.39 is 0 Å². The Labute approximate surface area is 92.5 Å². The molecule has 2 aromatic rings. The van der Waals surface area contributed by atoms with E-state index in [0.29, 0.717) is 17.5 Å². The summed E-state index contributed by atoms with van der Waals surface area (Å²) < 4.78 is 3.62. The molecule has 0 aromatic carbocycles. The Hall–Kier alpha value is -1.49. The van der Waals surface area contributed by atoms with Crippen molar-refractivity contribution in [2.24, 2.45) is 7.05 Å². The Morgan fingerprint density at radius 3 is 2.73 bits per heavy atom. The van der Waals surface area contributed by atoms with Crippen LogP contribution in [-0.2, 0) is 13.6 Å². The molecule has 0 amide bonds. The highest BCUT2D eigenvalue weighted by Gasteiger charge is 2.07. The van der Waals surface area contributed by atoms with Crippen LogP contribution in [0.1, 0.15) is 11.5 Å². The first kappa shape index (κ1) is 10.0. The molecule has 0 spiro atoms. The number of hydrogen-bond donors (Lipinski definition) is 1. The Morgan fingerprint density at radius 2 is 2.27 bits per heavy atom. The summed E-state index contributed by atoms with van der Waals surface area (Å²) in [5, 5.41) is 4.77. The summed E-state index contributed by atoms with van der Waals surface area (Å²) in [6, 6.07) is 1.82. The average Bonchev–Trinajstić information content (AvgIpc) is 2.64. The number of imidazole rings is 1. The summed E-state index contributed by atoms with van der Waals surface area (Å²) in [6.45, 7) is 2.53. The zero-order chi connectivity index (χ0) is 11.0. The van der Waals surface area contributed by atoms with Gasteiger partial charge in [-0.25, -0.2) is 4.98 Å². The van der Waals surface area contributed by atoms with Crippen molar-refractivity contribution in [3.63, 3.8) is 0 Å². The van der Waals surface area contributed by atoms with Gasteiger partial charge in [-0.2, -0.15) is 5.10 Å². The second kappa shape index (κ2) is 3.58. The topological polar surface area (TPSA) is 61.7 Å². The third-order valence-electron chi connectivity index (χ3n) is 2.32. The Morgan fingerprint density at radius 1 is 1.53 bits per heavy atom. The molecule has 2 rings (SSSR count). The molecule has 0 saturated carbocycles. The summed E-state index contributed by atoms with van der Waals surface area (Å²) in [6.07, 6.45) is 1.62. The van der Waals surface area contributed by atoms with Gasteiger partial charge in [-0.05, 0) is 6.92 Å². The van der Waals surface area contributed by atoms with E-state index in [9.17, 15) is 0 Å². The molecule has 2 aromatic heterocycles. The van der Waals surface area contributed by atoms with Crippen molar-refractivity contribution in [2.45, 2.75) is 13.5 Å². The fraction of sp³-hybridized carbons (Fsp3) is 0.333. The SMILES string of the molecule is Cc1cc(N)nn1Cc1ncc(Cl)n1C. The number of aromatic nitrogens is 4. The number of nitrogens with two attached hydrogens (primary N) is 1. The summed E-state index contributed by atoms with van der Waals surface area (Å²) in [5.41, 5.74) is 6.60. The second-order valence-electron chi connectivity index (χ2n) is 3.42. The van der Waals surface area contributed by atoms with Crippen molar-refractivity contribution in [2.75, 3.05) is 5.73 Å². The molecule has 5 nitrogen and oxygen atoms in total. The zero-order valence-electron chi connectivity index (χ0n) is 8.61. The van der Waals surface area contributed by atoms with Gasteiger partial charge < -0.3 is 10.3 Å². The molecule has 0 saturated heterocycles. The van der Waals surface area contributed by atoms with Gasteiger partial charge in [0.05, 0.1) is 12.7 Å². The van der Waals surface area contributed by atoms with Gasteiger partial charge in [-0.3, -0.25) is 4.68 Å². The summed E-state index contributed by atoms with van der Waals surface area (Å²) in [4.78, 5) is 4.19.